The summed E-state index contributed by atoms with van der Waals surface area (Å²) < 4.78 is 2.38. The Kier molecular flexibility index (Phi) is 8.53. The van der Waals surface area contributed by atoms with Crippen molar-refractivity contribution in [1.82, 2.24) is 4.57 Å². The van der Waals surface area contributed by atoms with Gasteiger partial charge in [0.25, 0.3) is 0 Å². The van der Waals surface area contributed by atoms with Crippen LogP contribution in [-0.4, -0.2) is 4.57 Å². The molecule has 0 N–H and O–H groups in total. The summed E-state index contributed by atoms with van der Waals surface area (Å²) >= 11 is 0. The van der Waals surface area contributed by atoms with E-state index >= 15 is 0 Å². The van der Waals surface area contributed by atoms with Gasteiger partial charge in [-0.05, 0) is 138 Å². The van der Waals surface area contributed by atoms with Crippen LogP contribution < -0.4 is 4.90 Å². The fourth-order valence-electron chi connectivity index (χ4n) is 9.58. The summed E-state index contributed by atoms with van der Waals surface area (Å²) in [4.78, 5) is 2.41. The fraction of sp³-hybridized carbons (Fsp3) is 0. The summed E-state index contributed by atoms with van der Waals surface area (Å²) in [6.45, 7) is 0. The Morgan fingerprint density at radius 3 is 1.56 bits per heavy atom. The minimum atomic E-state index is 1.09. The first-order chi connectivity index (χ1) is 30.7. The number of hydrogen-bond acceptors (Lipinski definition) is 1. The van der Waals surface area contributed by atoms with Crippen LogP contribution in [0.25, 0.3) is 93.2 Å². The van der Waals surface area contributed by atoms with E-state index in [1.54, 1.807) is 0 Å². The maximum atomic E-state index is 2.41. The van der Waals surface area contributed by atoms with E-state index in [0.717, 1.165) is 28.3 Å². The number of nitrogens with zero attached hydrogens (tertiary/aromatic N) is 2. The summed E-state index contributed by atoms with van der Waals surface area (Å²) in [6.07, 6.45) is 0. The van der Waals surface area contributed by atoms with E-state index in [4.69, 9.17) is 0 Å². The third-order valence-corrected chi connectivity index (χ3v) is 12.5. The summed E-state index contributed by atoms with van der Waals surface area (Å²) in [5.74, 6) is 0. The van der Waals surface area contributed by atoms with Crippen molar-refractivity contribution in [1.29, 1.82) is 0 Å². The van der Waals surface area contributed by atoms with Crippen molar-refractivity contribution in [3.05, 3.63) is 243 Å². The molecule has 2 nitrogen and oxygen atoms in total. The van der Waals surface area contributed by atoms with E-state index in [1.807, 2.05) is 0 Å². The molecule has 12 rings (SSSR count). The predicted octanol–water partition coefficient (Wildman–Crippen LogP) is 16.7. The Morgan fingerprint density at radius 2 is 0.790 bits per heavy atom. The molecule has 11 aromatic carbocycles. The van der Waals surface area contributed by atoms with Gasteiger partial charge in [-0.15, -0.1) is 0 Å². The molecule has 0 saturated heterocycles. The quantitative estimate of drug-likeness (QED) is 0.146. The molecule has 0 bridgehead atoms. The summed E-state index contributed by atoms with van der Waals surface area (Å²) in [5, 5.41) is 10.0. The average molecular weight is 789 g/mol. The molecule has 0 aliphatic heterocycles. The van der Waals surface area contributed by atoms with Crippen molar-refractivity contribution in [3.8, 4) is 39.1 Å². The fourth-order valence-corrected chi connectivity index (χ4v) is 9.58. The van der Waals surface area contributed by atoms with Gasteiger partial charge in [-0.3, -0.25) is 0 Å². The van der Waals surface area contributed by atoms with Gasteiger partial charge in [-0.2, -0.15) is 0 Å². The van der Waals surface area contributed by atoms with Crippen LogP contribution in [-0.2, 0) is 0 Å². The van der Waals surface area contributed by atoms with Gasteiger partial charge in [0.15, 0.2) is 0 Å². The average Bonchev–Trinajstić information content (AvgIpc) is 3.68. The minimum absolute atomic E-state index is 1.09. The highest BCUT2D eigenvalue weighted by molar-refractivity contribution is 6.13. The Bertz CT molecular complexity index is 3650. The van der Waals surface area contributed by atoms with Gasteiger partial charge in [0.05, 0.1) is 11.0 Å². The molecule has 0 aliphatic rings. The molecule has 0 spiro atoms. The van der Waals surface area contributed by atoms with Crippen LogP contribution in [0.4, 0.5) is 17.1 Å². The number of benzene rings is 11. The zero-order valence-electron chi connectivity index (χ0n) is 34.0. The molecule has 0 aliphatic carbocycles. The first-order valence-corrected chi connectivity index (χ1v) is 21.3. The maximum Gasteiger partial charge on any atom is 0.0541 e. The van der Waals surface area contributed by atoms with E-state index < -0.39 is 0 Å². The lowest BCUT2D eigenvalue weighted by molar-refractivity contribution is 1.18. The normalized spacial score (nSPS) is 11.5. The first-order valence-electron chi connectivity index (χ1n) is 21.3. The van der Waals surface area contributed by atoms with Crippen LogP contribution in [0.15, 0.2) is 243 Å². The van der Waals surface area contributed by atoms with E-state index in [9.17, 15) is 0 Å². The predicted molar refractivity (Wildman–Crippen MR) is 264 cm³/mol. The highest BCUT2D eigenvalue weighted by Crippen LogP contribution is 2.42. The second kappa shape index (κ2) is 14.8. The van der Waals surface area contributed by atoms with Gasteiger partial charge in [0.1, 0.15) is 0 Å². The zero-order valence-corrected chi connectivity index (χ0v) is 34.0. The first kappa shape index (κ1) is 35.7. The number of fused-ring (bicyclic) bond motifs is 7. The molecule has 2 heteroatoms. The molecule has 0 atom stereocenters. The van der Waals surface area contributed by atoms with E-state index in [0.29, 0.717) is 0 Å². The van der Waals surface area contributed by atoms with Crippen molar-refractivity contribution in [3.63, 3.8) is 0 Å². The smallest absolute Gasteiger partial charge is 0.0541 e. The topological polar surface area (TPSA) is 8.17 Å². The molecule has 290 valence electrons. The molecule has 1 heterocycles. The second-order valence-corrected chi connectivity index (χ2v) is 16.2. The molecule has 0 saturated carbocycles. The Hall–Kier alpha value is -8.20. The monoisotopic (exact) mass is 788 g/mol. The van der Waals surface area contributed by atoms with Crippen molar-refractivity contribution in [2.24, 2.45) is 0 Å². The molecule has 1 aromatic heterocycles. The van der Waals surface area contributed by atoms with Gasteiger partial charge < -0.3 is 9.47 Å². The van der Waals surface area contributed by atoms with Crippen LogP contribution in [0.5, 0.6) is 0 Å². The number of hydrogen-bond donors (Lipinski definition) is 0. The molecule has 0 radical (unpaired) electrons. The van der Waals surface area contributed by atoms with Crippen LogP contribution in [0.2, 0.25) is 0 Å². The van der Waals surface area contributed by atoms with Crippen molar-refractivity contribution in [2.45, 2.75) is 0 Å². The largest absolute Gasteiger partial charge is 0.310 e. The van der Waals surface area contributed by atoms with E-state index in [2.05, 4.69) is 252 Å². The van der Waals surface area contributed by atoms with Gasteiger partial charge >= 0.3 is 0 Å². The maximum absolute atomic E-state index is 2.41. The number of aromatic nitrogens is 1. The van der Waals surface area contributed by atoms with Crippen molar-refractivity contribution in [2.75, 3.05) is 4.90 Å². The molecule has 0 fully saturated rings. The zero-order chi connectivity index (χ0) is 41.0. The molecular formula is C60H40N2. The van der Waals surface area contributed by atoms with Crippen molar-refractivity contribution >= 4 is 71.2 Å². The number of rotatable bonds is 7. The Morgan fingerprint density at radius 1 is 0.258 bits per heavy atom. The Balaban J connectivity index is 1.02. The molecule has 62 heavy (non-hydrogen) atoms. The molecule has 0 amide bonds. The SMILES string of the molecule is c1ccc(-n2c3ccccc3c3cc(-c4cccc(N(c5cccc(-c6ccc7ccccc7c6)c5)c5cccc(-c6cccc7c6ccc6ccccc67)c5)c4)ccc32)cc1. The summed E-state index contributed by atoms with van der Waals surface area (Å²) in [5.41, 5.74) is 13.9. The number of para-hydroxylation sites is 2. The van der Waals surface area contributed by atoms with Crippen LogP contribution in [0.1, 0.15) is 0 Å². The van der Waals surface area contributed by atoms with E-state index in [1.165, 1.54) is 81.9 Å². The Labute approximate surface area is 360 Å². The summed E-state index contributed by atoms with van der Waals surface area (Å²) in [7, 11) is 0. The highest BCUT2D eigenvalue weighted by atomic mass is 15.1. The molecule has 12 aromatic rings. The lowest BCUT2D eigenvalue weighted by Gasteiger charge is -2.27. The second-order valence-electron chi connectivity index (χ2n) is 16.2. The minimum Gasteiger partial charge on any atom is -0.310 e. The summed E-state index contributed by atoms with van der Waals surface area (Å²) in [6, 6.07) is 88.6. The number of anilines is 3. The molecular weight excluding hydrogens is 749 g/mol. The van der Waals surface area contributed by atoms with E-state index in [-0.39, 0.29) is 0 Å². The van der Waals surface area contributed by atoms with Gasteiger partial charge in [-0.25, -0.2) is 0 Å². The van der Waals surface area contributed by atoms with Crippen LogP contribution in [0, 0.1) is 0 Å². The third kappa shape index (κ3) is 6.12. The van der Waals surface area contributed by atoms with Crippen molar-refractivity contribution < 1.29 is 0 Å². The van der Waals surface area contributed by atoms with Gasteiger partial charge in [0, 0.05) is 33.5 Å². The highest BCUT2D eigenvalue weighted by Gasteiger charge is 2.18. The van der Waals surface area contributed by atoms with Gasteiger partial charge in [-0.1, -0.05) is 170 Å². The van der Waals surface area contributed by atoms with Gasteiger partial charge in [0.2, 0.25) is 0 Å². The lowest BCUT2D eigenvalue weighted by Crippen LogP contribution is -2.10. The van der Waals surface area contributed by atoms with Crippen LogP contribution in [0.3, 0.4) is 0 Å². The lowest BCUT2D eigenvalue weighted by atomic mass is 9.94. The molecule has 0 unspecified atom stereocenters. The van der Waals surface area contributed by atoms with Crippen LogP contribution >= 0.6 is 0 Å². The standard InChI is InChI=1S/C60H40N2/c1-2-20-49(21-3-1)62-59-29-9-8-26-57(59)58-40-47(33-35-60(58)62)45-18-11-23-51(38-45)61(50-22-10-17-44(37-50)46-31-30-41-14-4-5-16-43(41)36-46)52-24-12-19-48(39-52)54-27-13-28-55-53-25-7-6-15-42(53)32-34-56(54)55/h1-40H. The third-order valence-electron chi connectivity index (χ3n) is 12.5.